The third-order valence-electron chi connectivity index (χ3n) is 20.5. The summed E-state index contributed by atoms with van der Waals surface area (Å²) < 4.78 is 4.95. The lowest BCUT2D eigenvalue weighted by Gasteiger charge is -2.63. The highest BCUT2D eigenvalue weighted by Crippen LogP contribution is 2.68. The van der Waals surface area contributed by atoms with Crippen LogP contribution >= 0.6 is 0 Å². The maximum absolute atomic E-state index is 14.0. The molecule has 1 aromatic carbocycles. The second-order valence-corrected chi connectivity index (χ2v) is 26.6. The molecule has 10 N–H and O–H groups in total. The number of hydrogen-bond acceptors (Lipinski definition) is 16. The predicted molar refractivity (Wildman–Crippen MR) is 320 cm³/mol. The van der Waals surface area contributed by atoms with Gasteiger partial charge in [-0.05, 0) is 122 Å². The molecule has 1 saturated heterocycles. The number of aliphatic hydroxyl groups excluding tert-OH is 2. The first-order chi connectivity index (χ1) is 40.9. The Kier molecular flexibility index (Phi) is 24.3. The quantitative estimate of drug-likeness (QED) is 0.0553. The van der Waals surface area contributed by atoms with Gasteiger partial charge in [0.2, 0.25) is 23.6 Å². The van der Waals surface area contributed by atoms with Gasteiger partial charge in [0.1, 0.15) is 18.6 Å². The van der Waals surface area contributed by atoms with E-state index in [1.807, 2.05) is 54.1 Å². The average molecular weight is 1200 g/mol. The number of rotatable bonds is 28. The maximum Gasteiger partial charge on any atom is 0.317 e. The molecule has 1 aliphatic heterocycles. The third-order valence-corrected chi connectivity index (χ3v) is 20.5. The summed E-state index contributed by atoms with van der Waals surface area (Å²) in [5.41, 5.74) is 6.60. The van der Waals surface area contributed by atoms with Crippen LogP contribution in [0.2, 0.25) is 0 Å². The van der Waals surface area contributed by atoms with Crippen molar-refractivity contribution in [1.29, 1.82) is 0 Å². The molecule has 1 aromatic heterocycles. The number of ketones is 2. The van der Waals surface area contributed by atoms with Crippen molar-refractivity contribution in [3.05, 3.63) is 36.0 Å². The number of nitrogens with zero attached hydrogens (tertiary/aromatic N) is 4. The maximum atomic E-state index is 14.0. The largest absolute Gasteiger partial charge is 0.480 e. The average Bonchev–Trinajstić information content (AvgIpc) is 1.35. The number of primary amides is 1. The second kappa shape index (κ2) is 30.9. The molecule has 5 fully saturated rings. The molecule has 0 spiro atoms. The number of aliphatic hydroxyl groups is 2. The number of ether oxygens (including phenoxy) is 1. The number of hydrogen-bond donors (Lipinski definition) is 9. The molecule has 4 aliphatic carbocycles. The predicted octanol–water partition coefficient (Wildman–Crippen LogP) is 2.93. The van der Waals surface area contributed by atoms with E-state index < -0.39 is 53.5 Å². The number of nitrogens with one attached hydrogen (secondary N) is 4. The molecule has 23 heteroatoms. The highest BCUT2D eigenvalue weighted by molar-refractivity contribution is 5.94. The number of fused-ring (bicyclic) bond motifs is 6. The number of carboxylic acids is 2. The number of aliphatic carboxylic acids is 2. The number of aromatic amines is 1. The topological polar surface area (TPSA) is 335 Å². The molecule has 5 aliphatic rings. The van der Waals surface area contributed by atoms with Crippen LogP contribution in [-0.4, -0.2) is 208 Å². The molecule has 478 valence electrons. The zero-order valence-electron chi connectivity index (χ0n) is 51.2. The zero-order valence-corrected chi connectivity index (χ0v) is 51.2. The first kappa shape index (κ1) is 67.7. The van der Waals surface area contributed by atoms with E-state index in [1.54, 1.807) is 9.80 Å². The Hall–Kier alpha value is -5.85. The van der Waals surface area contributed by atoms with E-state index in [-0.39, 0.29) is 148 Å². The Bertz CT molecular complexity index is 2660. The number of carbonyl (C=O) groups is 9. The number of amides is 4. The number of Topliss-reactive ketones (excluding diaryl/α,β-unsaturated/α-hetero) is 2. The lowest BCUT2D eigenvalue weighted by molar-refractivity contribution is -0.202. The lowest BCUT2D eigenvalue weighted by atomic mass is 9.43. The van der Waals surface area contributed by atoms with Crippen LogP contribution in [0.5, 0.6) is 0 Å². The summed E-state index contributed by atoms with van der Waals surface area (Å²) >= 11 is 0. The normalized spacial score (nSPS) is 28.9. The molecule has 23 nitrogen and oxygen atoms in total. The lowest BCUT2D eigenvalue weighted by Crippen LogP contribution is -2.63. The minimum absolute atomic E-state index is 0.00353. The summed E-state index contributed by atoms with van der Waals surface area (Å²) in [6, 6.07) is 5.59. The summed E-state index contributed by atoms with van der Waals surface area (Å²) in [4.78, 5) is 125. The molecule has 0 bridgehead atoms. The SMILES string of the molecule is CC(C)CC(=O)[C@H](Cc1c[nH]c2ccccc12)NC(=O)[C@H](CCC(N)=O)NC(=O)CC[C@@H](C)[C@H]1CC[C@H]2[C@@H]3[C@H](O)C[C@@H]4C[C@@H](NC(=O)CCC(=O)CN5CCN(CC(=O)O)CCN(COC=O)CCN(CC(=O)O)CC5)CC[C@]4(C)[C@H]3C[C@H](O)[C@]12C. The van der Waals surface area contributed by atoms with Crippen LogP contribution in [0.4, 0.5) is 0 Å². The van der Waals surface area contributed by atoms with Gasteiger partial charge in [-0.2, -0.15) is 0 Å². The molecule has 0 radical (unpaired) electrons. The first-order valence-electron chi connectivity index (χ1n) is 31.4. The summed E-state index contributed by atoms with van der Waals surface area (Å²) in [5.74, 6) is -3.85. The van der Waals surface area contributed by atoms with E-state index in [4.69, 9.17) is 10.5 Å². The summed E-state index contributed by atoms with van der Waals surface area (Å²) in [5, 5.41) is 53.8. The van der Waals surface area contributed by atoms with Gasteiger partial charge in [0, 0.05) is 114 Å². The van der Waals surface area contributed by atoms with E-state index in [0.717, 1.165) is 35.7 Å². The van der Waals surface area contributed by atoms with Crippen molar-refractivity contribution < 1.29 is 68.3 Å². The van der Waals surface area contributed by atoms with E-state index in [1.165, 1.54) is 0 Å². The van der Waals surface area contributed by atoms with Gasteiger partial charge in [0.05, 0.1) is 37.9 Å². The van der Waals surface area contributed by atoms with E-state index in [2.05, 4.69) is 41.7 Å². The minimum atomic E-state index is -1.11. The first-order valence-corrected chi connectivity index (χ1v) is 31.4. The van der Waals surface area contributed by atoms with Gasteiger partial charge in [-0.15, -0.1) is 0 Å². The van der Waals surface area contributed by atoms with Crippen molar-refractivity contribution >= 4 is 64.5 Å². The van der Waals surface area contributed by atoms with Crippen LogP contribution < -0.4 is 21.7 Å². The molecule has 2 aromatic rings. The Labute approximate surface area is 505 Å². The molecular weight excluding hydrogens is 1110 g/mol. The van der Waals surface area contributed by atoms with Crippen LogP contribution in [0.15, 0.2) is 30.5 Å². The summed E-state index contributed by atoms with van der Waals surface area (Å²) in [6.07, 6.45) is 6.37. The van der Waals surface area contributed by atoms with Gasteiger partial charge in [0.15, 0.2) is 5.78 Å². The number of para-hydroxylation sites is 1. The molecule has 0 unspecified atom stereocenters. The van der Waals surface area contributed by atoms with Crippen LogP contribution in [-0.2, 0) is 54.3 Å². The molecule has 4 saturated carbocycles. The van der Waals surface area contributed by atoms with E-state index >= 15 is 0 Å². The fourth-order valence-electron chi connectivity index (χ4n) is 15.8. The number of nitrogens with two attached hydrogens (primary N) is 1. The fourth-order valence-corrected chi connectivity index (χ4v) is 15.8. The van der Waals surface area contributed by atoms with Crippen molar-refractivity contribution in [2.45, 2.75) is 161 Å². The second-order valence-electron chi connectivity index (χ2n) is 26.6. The van der Waals surface area contributed by atoms with Gasteiger partial charge < -0.3 is 51.8 Å². The molecular formula is C63H97N9O14. The van der Waals surface area contributed by atoms with Gasteiger partial charge >= 0.3 is 11.9 Å². The molecule has 7 rings (SSSR count). The molecule has 4 amide bonds. The van der Waals surface area contributed by atoms with Gasteiger partial charge in [-0.25, -0.2) is 0 Å². The smallest absolute Gasteiger partial charge is 0.317 e. The number of H-pyrrole nitrogens is 1. The van der Waals surface area contributed by atoms with Crippen molar-refractivity contribution in [3.8, 4) is 0 Å². The van der Waals surface area contributed by atoms with Crippen molar-refractivity contribution in [2.24, 2.45) is 58.0 Å². The van der Waals surface area contributed by atoms with Gasteiger partial charge in [-0.3, -0.25) is 62.8 Å². The molecule has 13 atom stereocenters. The summed E-state index contributed by atoms with van der Waals surface area (Å²) in [7, 11) is 0. The number of benzene rings is 1. The van der Waals surface area contributed by atoms with Gasteiger partial charge in [-0.1, -0.05) is 52.8 Å². The Balaban J connectivity index is 0.905. The highest BCUT2D eigenvalue weighted by atomic mass is 16.5. The van der Waals surface area contributed by atoms with Crippen LogP contribution in [0.1, 0.15) is 130 Å². The van der Waals surface area contributed by atoms with E-state index in [0.29, 0.717) is 90.9 Å². The van der Waals surface area contributed by atoms with Crippen LogP contribution in [0.3, 0.4) is 0 Å². The standard InChI is InChI=1S/C63H97N9O14/c1-39(2)28-52(75)51(29-41-33-65-49-9-7-6-8-45(41)49)68-61(85)50(14-15-55(64)78)67-57(80)16-10-40(3)46-12-13-47-60-48(32-54(77)63(46,47)5)62(4)19-18-43(30-42(62)31-53(60)76)66-56(79)17-11-44(74)34-69-20-22-70(35-58(81)82)24-26-72(37-86-38-73)27-25-71(23-21-69)36-59(83)84/h6-9,33,38-40,42-43,46-48,50-51,53-54,60,65,76-77H,10-32,34-37H2,1-5H3,(H2,64,78)(H,66,79)(H,67,80)(H,68,85)(H,81,82)(H,83,84)/t40-,42+,43+,46-,47+,48+,50+,51+,53-,54+,60+,62+,63-/m1/s1. The van der Waals surface area contributed by atoms with Gasteiger partial charge in [0.25, 0.3) is 6.47 Å². The Morgan fingerprint density at radius 2 is 1.38 bits per heavy atom. The fraction of sp³-hybridized carbons (Fsp3) is 0.730. The minimum Gasteiger partial charge on any atom is -0.480 e. The summed E-state index contributed by atoms with van der Waals surface area (Å²) in [6.45, 7) is 13.0. The van der Waals surface area contributed by atoms with Crippen molar-refractivity contribution in [3.63, 3.8) is 0 Å². The molecule has 86 heavy (non-hydrogen) atoms. The molecule has 2 heterocycles. The monoisotopic (exact) mass is 1200 g/mol. The number of aromatic nitrogens is 1. The zero-order chi connectivity index (χ0) is 62.5. The van der Waals surface area contributed by atoms with Crippen molar-refractivity contribution in [1.82, 2.24) is 40.5 Å². The van der Waals surface area contributed by atoms with Crippen LogP contribution in [0, 0.1) is 52.3 Å². The van der Waals surface area contributed by atoms with Crippen molar-refractivity contribution in [2.75, 3.05) is 78.7 Å². The Morgan fingerprint density at radius 3 is 2.01 bits per heavy atom. The highest BCUT2D eigenvalue weighted by Gasteiger charge is 2.66. The number of carboxylic acid groups (broad SMARTS) is 2. The Morgan fingerprint density at radius 1 is 0.744 bits per heavy atom. The number of carbonyl (C=O) groups excluding carboxylic acids is 7. The third kappa shape index (κ3) is 17.7. The van der Waals surface area contributed by atoms with Crippen LogP contribution in [0.25, 0.3) is 10.9 Å². The van der Waals surface area contributed by atoms with E-state index in [9.17, 15) is 63.6 Å².